The second-order valence-corrected chi connectivity index (χ2v) is 3.45. The lowest BCUT2D eigenvalue weighted by atomic mass is 10.3. The van der Waals surface area contributed by atoms with Crippen LogP contribution in [-0.2, 0) is 0 Å². The van der Waals surface area contributed by atoms with Crippen LogP contribution in [0.1, 0.15) is 5.56 Å². The number of hydrogen-bond donors (Lipinski definition) is 0. The minimum Gasteiger partial charge on any atom is -0.439 e. The van der Waals surface area contributed by atoms with Crippen molar-refractivity contribution in [2.75, 3.05) is 0 Å². The van der Waals surface area contributed by atoms with E-state index in [9.17, 15) is 10.1 Å². The molecule has 0 bridgehead atoms. The monoisotopic (exact) mass is 242 g/mol. The quantitative estimate of drug-likeness (QED) is 0.610. The molecule has 0 saturated carbocycles. The van der Waals surface area contributed by atoms with Gasteiger partial charge in [0.15, 0.2) is 0 Å². The number of hydrogen-bond acceptors (Lipinski definition) is 4. The number of aromatic nitrogens is 1. The number of para-hydroxylation sites is 1. The Hall–Kier alpha value is -2.69. The molecule has 1 aromatic heterocycles. The third-order valence-corrected chi connectivity index (χ3v) is 2.11. The third kappa shape index (κ3) is 3.41. The number of pyridine rings is 1. The van der Waals surface area contributed by atoms with E-state index >= 15 is 0 Å². The van der Waals surface area contributed by atoms with Crippen molar-refractivity contribution in [1.82, 2.24) is 4.98 Å². The normalized spacial score (nSPS) is 10.4. The molecule has 0 fully saturated rings. The summed E-state index contributed by atoms with van der Waals surface area (Å²) < 4.78 is 5.49. The zero-order valence-corrected chi connectivity index (χ0v) is 9.39. The number of nitrogens with zero attached hydrogens (tertiary/aromatic N) is 2. The number of rotatable bonds is 4. The van der Waals surface area contributed by atoms with E-state index in [1.54, 1.807) is 12.1 Å². The second kappa shape index (κ2) is 5.58. The third-order valence-electron chi connectivity index (χ3n) is 2.11. The Balaban J connectivity index is 2.06. The molecular weight excluding hydrogens is 232 g/mol. The lowest BCUT2D eigenvalue weighted by Crippen LogP contribution is -1.88. The molecule has 0 spiro atoms. The lowest BCUT2D eigenvalue weighted by molar-refractivity contribution is -0.400. The maximum Gasteiger partial charge on any atom is 0.235 e. The van der Waals surface area contributed by atoms with Gasteiger partial charge in [-0.25, -0.2) is 4.98 Å². The van der Waals surface area contributed by atoms with Crippen LogP contribution in [0, 0.1) is 10.1 Å². The zero-order chi connectivity index (χ0) is 12.8. The molecule has 0 saturated heterocycles. The van der Waals surface area contributed by atoms with Crippen molar-refractivity contribution in [2.45, 2.75) is 0 Å². The first-order chi connectivity index (χ1) is 8.74. The Kier molecular flexibility index (Phi) is 3.66. The van der Waals surface area contributed by atoms with Crippen LogP contribution in [0.3, 0.4) is 0 Å². The van der Waals surface area contributed by atoms with E-state index in [2.05, 4.69) is 4.98 Å². The molecule has 0 unspecified atom stereocenters. The maximum atomic E-state index is 10.2. The second-order valence-electron chi connectivity index (χ2n) is 3.45. The highest BCUT2D eigenvalue weighted by molar-refractivity contribution is 5.47. The number of nitro groups is 1. The fourth-order valence-corrected chi connectivity index (χ4v) is 1.31. The van der Waals surface area contributed by atoms with Gasteiger partial charge in [-0.15, -0.1) is 0 Å². The van der Waals surface area contributed by atoms with E-state index in [1.165, 1.54) is 12.3 Å². The summed E-state index contributed by atoms with van der Waals surface area (Å²) in [5.74, 6) is 1.14. The van der Waals surface area contributed by atoms with E-state index in [0.717, 1.165) is 6.20 Å². The van der Waals surface area contributed by atoms with Crippen LogP contribution in [0.5, 0.6) is 11.6 Å². The first kappa shape index (κ1) is 11.8. The summed E-state index contributed by atoms with van der Waals surface area (Å²) in [5, 5.41) is 10.2. The molecule has 5 nitrogen and oxygen atoms in total. The molecule has 0 atom stereocenters. The number of benzene rings is 1. The number of ether oxygens (including phenoxy) is 1. The molecule has 0 amide bonds. The molecule has 2 aromatic rings. The molecule has 0 aliphatic carbocycles. The summed E-state index contributed by atoms with van der Waals surface area (Å²) in [5.41, 5.74) is 0.645. The van der Waals surface area contributed by atoms with Crippen LogP contribution in [0.15, 0.2) is 54.9 Å². The van der Waals surface area contributed by atoms with Crippen LogP contribution >= 0.6 is 0 Å². The Morgan fingerprint density at radius 2 is 1.94 bits per heavy atom. The van der Waals surface area contributed by atoms with Crippen molar-refractivity contribution in [3.05, 3.63) is 70.5 Å². The summed E-state index contributed by atoms with van der Waals surface area (Å²) >= 11 is 0. The summed E-state index contributed by atoms with van der Waals surface area (Å²) in [6.45, 7) is 0. The van der Waals surface area contributed by atoms with Gasteiger partial charge in [0.05, 0.1) is 4.92 Å². The highest BCUT2D eigenvalue weighted by Gasteiger charge is 1.98. The summed E-state index contributed by atoms with van der Waals surface area (Å²) in [6.07, 6.45) is 3.76. The molecule has 0 aliphatic heterocycles. The van der Waals surface area contributed by atoms with Gasteiger partial charge in [0.2, 0.25) is 12.1 Å². The molecule has 90 valence electrons. The van der Waals surface area contributed by atoms with E-state index in [0.29, 0.717) is 17.2 Å². The van der Waals surface area contributed by atoms with Gasteiger partial charge in [-0.2, -0.15) is 0 Å². The van der Waals surface area contributed by atoms with Gasteiger partial charge in [0.1, 0.15) is 5.75 Å². The largest absolute Gasteiger partial charge is 0.439 e. The molecule has 0 aliphatic rings. The van der Waals surface area contributed by atoms with Gasteiger partial charge in [-0.1, -0.05) is 18.2 Å². The molecule has 2 rings (SSSR count). The van der Waals surface area contributed by atoms with Crippen molar-refractivity contribution < 1.29 is 9.66 Å². The SMILES string of the molecule is O=[N+]([O-])C=Cc1ccc(Oc2ccccc2)nc1. The Morgan fingerprint density at radius 1 is 1.17 bits per heavy atom. The summed E-state index contributed by atoms with van der Waals surface area (Å²) in [4.78, 5) is 13.7. The van der Waals surface area contributed by atoms with Crippen LogP contribution in [-0.4, -0.2) is 9.91 Å². The van der Waals surface area contributed by atoms with Gasteiger partial charge in [-0.05, 0) is 23.8 Å². The average Bonchev–Trinajstić information content (AvgIpc) is 2.39. The summed E-state index contributed by atoms with van der Waals surface area (Å²) in [6, 6.07) is 12.6. The van der Waals surface area contributed by atoms with E-state index in [-0.39, 0.29) is 0 Å². The topological polar surface area (TPSA) is 65.3 Å². The molecule has 1 heterocycles. The Bertz CT molecular complexity index is 550. The Morgan fingerprint density at radius 3 is 2.56 bits per heavy atom. The van der Waals surface area contributed by atoms with Crippen LogP contribution < -0.4 is 4.74 Å². The van der Waals surface area contributed by atoms with E-state index < -0.39 is 4.92 Å². The fraction of sp³-hybridized carbons (Fsp3) is 0. The molecule has 1 aromatic carbocycles. The highest BCUT2D eigenvalue weighted by Crippen LogP contribution is 2.18. The fourth-order valence-electron chi connectivity index (χ4n) is 1.31. The van der Waals surface area contributed by atoms with Gasteiger partial charge < -0.3 is 4.74 Å². The first-order valence-corrected chi connectivity index (χ1v) is 5.25. The van der Waals surface area contributed by atoms with Gasteiger partial charge in [0, 0.05) is 18.3 Å². The zero-order valence-electron chi connectivity index (χ0n) is 9.39. The molecule has 18 heavy (non-hydrogen) atoms. The van der Waals surface area contributed by atoms with Crippen LogP contribution in [0.4, 0.5) is 0 Å². The van der Waals surface area contributed by atoms with Crippen molar-refractivity contribution in [3.8, 4) is 11.6 Å². The molecule has 0 N–H and O–H groups in total. The predicted molar refractivity (Wildman–Crippen MR) is 66.8 cm³/mol. The van der Waals surface area contributed by atoms with Crippen molar-refractivity contribution in [1.29, 1.82) is 0 Å². The van der Waals surface area contributed by atoms with Crippen molar-refractivity contribution >= 4 is 6.08 Å². The maximum absolute atomic E-state index is 10.2. The minimum absolute atomic E-state index is 0.444. The van der Waals surface area contributed by atoms with E-state index in [4.69, 9.17) is 4.74 Å². The van der Waals surface area contributed by atoms with Gasteiger partial charge in [0.25, 0.3) is 0 Å². The predicted octanol–water partition coefficient (Wildman–Crippen LogP) is 3.12. The lowest BCUT2D eigenvalue weighted by Gasteiger charge is -2.03. The standard InChI is InChI=1S/C13H10N2O3/c16-15(17)9-8-11-6-7-13(14-10-11)18-12-4-2-1-3-5-12/h1-10H. The van der Waals surface area contributed by atoms with E-state index in [1.807, 2.05) is 30.3 Å². The first-order valence-electron chi connectivity index (χ1n) is 5.25. The van der Waals surface area contributed by atoms with Crippen LogP contribution in [0.25, 0.3) is 6.08 Å². The highest BCUT2D eigenvalue weighted by atomic mass is 16.6. The molecular formula is C13H10N2O3. The molecule has 0 radical (unpaired) electrons. The van der Waals surface area contributed by atoms with Crippen LogP contribution in [0.2, 0.25) is 0 Å². The Labute approximate surface area is 104 Å². The van der Waals surface area contributed by atoms with Crippen molar-refractivity contribution in [2.24, 2.45) is 0 Å². The summed E-state index contributed by atoms with van der Waals surface area (Å²) in [7, 11) is 0. The minimum atomic E-state index is -0.519. The van der Waals surface area contributed by atoms with Gasteiger partial charge in [-0.3, -0.25) is 10.1 Å². The average molecular weight is 242 g/mol. The van der Waals surface area contributed by atoms with Gasteiger partial charge >= 0.3 is 0 Å². The van der Waals surface area contributed by atoms with Crippen molar-refractivity contribution in [3.63, 3.8) is 0 Å². The smallest absolute Gasteiger partial charge is 0.235 e. The molecule has 5 heteroatoms.